The van der Waals surface area contributed by atoms with Crippen molar-refractivity contribution in [2.24, 2.45) is 0 Å². The molecule has 0 saturated carbocycles. The summed E-state index contributed by atoms with van der Waals surface area (Å²) in [6.45, 7) is 5.62. The number of ether oxygens (including phenoxy) is 1. The fourth-order valence-corrected chi connectivity index (χ4v) is 1.56. The van der Waals surface area contributed by atoms with E-state index in [1.165, 1.54) is 0 Å². The minimum absolute atomic E-state index is 0.124. The van der Waals surface area contributed by atoms with Gasteiger partial charge in [-0.25, -0.2) is 4.68 Å². The Bertz CT molecular complexity index is 503. The van der Waals surface area contributed by atoms with Gasteiger partial charge in [-0.2, -0.15) is 5.10 Å². The summed E-state index contributed by atoms with van der Waals surface area (Å²) in [7, 11) is 0. The molecule has 0 aliphatic rings. The fourth-order valence-electron chi connectivity index (χ4n) is 1.56. The van der Waals surface area contributed by atoms with Gasteiger partial charge in [0.05, 0.1) is 42.2 Å². The summed E-state index contributed by atoms with van der Waals surface area (Å²) in [4.78, 5) is 4.17. The number of rotatable bonds is 4. The van der Waals surface area contributed by atoms with Crippen molar-refractivity contribution >= 4 is 0 Å². The lowest BCUT2D eigenvalue weighted by molar-refractivity contribution is 0.194. The van der Waals surface area contributed by atoms with Gasteiger partial charge in [0, 0.05) is 0 Å². The second-order valence-corrected chi connectivity index (χ2v) is 4.40. The second-order valence-electron chi connectivity index (χ2n) is 4.40. The molecule has 2 heterocycles. The van der Waals surface area contributed by atoms with Crippen LogP contribution in [0, 0.1) is 0 Å². The Kier molecular flexibility index (Phi) is 3.62. The molecule has 0 aromatic carbocycles. The largest absolute Gasteiger partial charge is 0.488 e. The van der Waals surface area contributed by atoms with Crippen LogP contribution in [0.25, 0.3) is 5.69 Å². The lowest BCUT2D eigenvalue weighted by Gasteiger charge is -2.06. The Morgan fingerprint density at radius 1 is 1.22 bits per heavy atom. The van der Waals surface area contributed by atoms with Crippen molar-refractivity contribution in [3.8, 4) is 11.4 Å². The van der Waals surface area contributed by atoms with Crippen molar-refractivity contribution in [1.82, 2.24) is 14.8 Å². The zero-order valence-corrected chi connectivity index (χ0v) is 10.7. The van der Waals surface area contributed by atoms with E-state index in [-0.39, 0.29) is 6.10 Å². The van der Waals surface area contributed by atoms with E-state index in [1.807, 2.05) is 19.9 Å². The highest BCUT2D eigenvalue weighted by Crippen LogP contribution is 2.16. The van der Waals surface area contributed by atoms with Crippen LogP contribution in [0.1, 0.15) is 32.6 Å². The molecule has 0 saturated heterocycles. The van der Waals surface area contributed by atoms with Crippen molar-refractivity contribution in [2.75, 3.05) is 0 Å². The zero-order valence-electron chi connectivity index (χ0n) is 10.7. The van der Waals surface area contributed by atoms with Gasteiger partial charge in [0.2, 0.25) is 0 Å². The Labute approximate surface area is 106 Å². The van der Waals surface area contributed by atoms with Crippen LogP contribution >= 0.6 is 0 Å². The maximum atomic E-state index is 9.38. The fraction of sp³-hybridized carbons (Fsp3) is 0.385. The van der Waals surface area contributed by atoms with E-state index in [2.05, 4.69) is 10.1 Å². The minimum Gasteiger partial charge on any atom is -0.488 e. The maximum absolute atomic E-state index is 9.38. The zero-order chi connectivity index (χ0) is 13.1. The topological polar surface area (TPSA) is 60.2 Å². The van der Waals surface area contributed by atoms with Gasteiger partial charge in [0.25, 0.3) is 0 Å². The van der Waals surface area contributed by atoms with Gasteiger partial charge in [-0.05, 0) is 32.9 Å². The van der Waals surface area contributed by atoms with E-state index in [9.17, 15) is 5.11 Å². The molecule has 2 aromatic heterocycles. The predicted molar refractivity (Wildman–Crippen MR) is 67.8 cm³/mol. The van der Waals surface area contributed by atoms with Crippen LogP contribution < -0.4 is 4.74 Å². The molecule has 5 nitrogen and oxygen atoms in total. The van der Waals surface area contributed by atoms with Gasteiger partial charge < -0.3 is 9.84 Å². The molecule has 0 fully saturated rings. The van der Waals surface area contributed by atoms with Crippen LogP contribution in [0.3, 0.4) is 0 Å². The summed E-state index contributed by atoms with van der Waals surface area (Å²) in [5.41, 5.74) is 1.47. The lowest BCUT2D eigenvalue weighted by atomic mass is 10.2. The molecule has 0 aliphatic carbocycles. The maximum Gasteiger partial charge on any atom is 0.158 e. The summed E-state index contributed by atoms with van der Waals surface area (Å²) >= 11 is 0. The molecule has 1 unspecified atom stereocenters. The molecule has 2 rings (SSSR count). The number of aliphatic hydroxyl groups is 1. The Hall–Kier alpha value is -1.88. The molecule has 1 N–H and O–H groups in total. The minimum atomic E-state index is -0.559. The van der Waals surface area contributed by atoms with Gasteiger partial charge >= 0.3 is 0 Å². The predicted octanol–water partition coefficient (Wildman–Crippen LogP) is 2.11. The van der Waals surface area contributed by atoms with Gasteiger partial charge in [-0.15, -0.1) is 0 Å². The van der Waals surface area contributed by atoms with Gasteiger partial charge in [0.1, 0.15) is 0 Å². The Balaban J connectivity index is 2.18. The van der Waals surface area contributed by atoms with E-state index in [4.69, 9.17) is 4.74 Å². The average molecular weight is 247 g/mol. The monoisotopic (exact) mass is 247 g/mol. The summed E-state index contributed by atoms with van der Waals surface area (Å²) in [6, 6.07) is 3.64. The van der Waals surface area contributed by atoms with E-state index in [0.717, 1.165) is 11.4 Å². The molecule has 18 heavy (non-hydrogen) atoms. The number of nitrogens with zero attached hydrogens (tertiary/aromatic N) is 3. The smallest absolute Gasteiger partial charge is 0.158 e. The molecule has 0 spiro atoms. The number of aliphatic hydroxyl groups excluding tert-OH is 1. The number of hydrogen-bond acceptors (Lipinski definition) is 4. The third-order valence-electron chi connectivity index (χ3n) is 2.39. The van der Waals surface area contributed by atoms with Crippen molar-refractivity contribution in [2.45, 2.75) is 33.0 Å². The molecule has 0 bridgehead atoms. The molecular formula is C13H17N3O2. The van der Waals surface area contributed by atoms with E-state index < -0.39 is 6.10 Å². The molecule has 2 aromatic rings. The first kappa shape index (κ1) is 12.6. The first-order valence-electron chi connectivity index (χ1n) is 5.92. The van der Waals surface area contributed by atoms with E-state index in [1.54, 1.807) is 36.3 Å². The van der Waals surface area contributed by atoms with Crippen LogP contribution in [0.2, 0.25) is 0 Å². The van der Waals surface area contributed by atoms with Gasteiger partial charge in [-0.1, -0.05) is 0 Å². The first-order valence-corrected chi connectivity index (χ1v) is 5.92. The summed E-state index contributed by atoms with van der Waals surface area (Å²) in [5, 5.41) is 13.6. The van der Waals surface area contributed by atoms with Crippen molar-refractivity contribution in [3.63, 3.8) is 0 Å². The van der Waals surface area contributed by atoms with Gasteiger partial charge in [-0.3, -0.25) is 4.98 Å². The Morgan fingerprint density at radius 2 is 2.00 bits per heavy atom. The highest BCUT2D eigenvalue weighted by atomic mass is 16.5. The molecule has 0 aliphatic heterocycles. The summed E-state index contributed by atoms with van der Waals surface area (Å²) in [6.07, 6.45) is 4.71. The normalized spacial score (nSPS) is 12.7. The standard InChI is InChI=1S/C13H17N3O2/c1-9(2)18-12-7-15-16(8-12)11-4-5-13(10(3)17)14-6-11/h4-10,17H,1-3H3. The average Bonchev–Trinajstić information content (AvgIpc) is 2.76. The molecule has 0 radical (unpaired) electrons. The summed E-state index contributed by atoms with van der Waals surface area (Å²) in [5.74, 6) is 0.726. The molecule has 96 valence electrons. The van der Waals surface area contributed by atoms with Crippen LogP contribution in [-0.2, 0) is 0 Å². The molecule has 0 amide bonds. The molecule has 5 heteroatoms. The van der Waals surface area contributed by atoms with Crippen molar-refractivity contribution in [3.05, 3.63) is 36.4 Å². The third kappa shape index (κ3) is 2.87. The van der Waals surface area contributed by atoms with Crippen LogP contribution in [0.5, 0.6) is 5.75 Å². The summed E-state index contributed by atoms with van der Waals surface area (Å²) < 4.78 is 7.23. The quantitative estimate of drug-likeness (QED) is 0.898. The highest BCUT2D eigenvalue weighted by Gasteiger charge is 2.06. The number of aromatic nitrogens is 3. The van der Waals surface area contributed by atoms with Crippen LogP contribution in [0.4, 0.5) is 0 Å². The highest BCUT2D eigenvalue weighted by molar-refractivity contribution is 5.31. The third-order valence-corrected chi connectivity index (χ3v) is 2.39. The lowest BCUT2D eigenvalue weighted by Crippen LogP contribution is -2.04. The first-order chi connectivity index (χ1) is 8.56. The van der Waals surface area contributed by atoms with Crippen LogP contribution in [0.15, 0.2) is 30.7 Å². The van der Waals surface area contributed by atoms with E-state index >= 15 is 0 Å². The van der Waals surface area contributed by atoms with Gasteiger partial charge in [0.15, 0.2) is 5.75 Å². The number of hydrogen-bond donors (Lipinski definition) is 1. The Morgan fingerprint density at radius 3 is 2.56 bits per heavy atom. The van der Waals surface area contributed by atoms with Crippen molar-refractivity contribution in [1.29, 1.82) is 0 Å². The van der Waals surface area contributed by atoms with E-state index in [0.29, 0.717) is 5.69 Å². The molecule has 1 atom stereocenters. The van der Waals surface area contributed by atoms with Crippen molar-refractivity contribution < 1.29 is 9.84 Å². The number of pyridine rings is 1. The molecular weight excluding hydrogens is 230 g/mol. The van der Waals surface area contributed by atoms with Crippen LogP contribution in [-0.4, -0.2) is 26.0 Å². The SMILES string of the molecule is CC(C)Oc1cnn(-c2ccc(C(C)O)nc2)c1. The second kappa shape index (κ2) is 5.18.